The number of nitrogens with zero attached hydrogens (tertiary/aromatic N) is 1. The van der Waals surface area contributed by atoms with Gasteiger partial charge < -0.3 is 19.2 Å². The fraction of sp³-hybridized carbons (Fsp3) is 0.625. The first-order chi connectivity index (χ1) is 17.4. The van der Waals surface area contributed by atoms with Crippen molar-refractivity contribution in [2.24, 2.45) is 0 Å². The van der Waals surface area contributed by atoms with Crippen molar-refractivity contribution in [2.45, 2.75) is 79.9 Å². The molecule has 0 bridgehead atoms. The second-order valence-electron chi connectivity index (χ2n) is 9.37. The first-order valence-corrected chi connectivity index (χ1v) is 16.0. The first kappa shape index (κ1) is 30.0. The zero-order chi connectivity index (χ0) is 27.6. The summed E-state index contributed by atoms with van der Waals surface area (Å²) in [6.07, 6.45) is -1.55. The van der Waals surface area contributed by atoms with Crippen LogP contribution in [0.2, 0.25) is 18.1 Å². The van der Waals surface area contributed by atoms with E-state index in [9.17, 15) is 14.4 Å². The van der Waals surface area contributed by atoms with Crippen molar-refractivity contribution in [1.82, 2.24) is 10.6 Å². The molecule has 0 spiro atoms. The lowest BCUT2D eigenvalue weighted by atomic mass is 9.86. The van der Waals surface area contributed by atoms with Crippen LogP contribution in [-0.2, 0) is 29.1 Å². The zero-order valence-corrected chi connectivity index (χ0v) is 24.9. The van der Waals surface area contributed by atoms with Gasteiger partial charge >= 0.3 is 12.1 Å². The molecule has 2 N–H and O–H groups in total. The molecule has 1 fully saturated rings. The second-order valence-corrected chi connectivity index (χ2v) is 16.6. The number of para-hydroxylation sites is 1. The third-order valence-electron chi connectivity index (χ3n) is 7.32. The summed E-state index contributed by atoms with van der Waals surface area (Å²) in [5, 5.41) is 5.94. The average molecular weight is 595 g/mol. The molecule has 9 nitrogen and oxygen atoms in total. The molecule has 2 heterocycles. The summed E-state index contributed by atoms with van der Waals surface area (Å²) < 4.78 is 15.4. The lowest BCUT2D eigenvalue weighted by Crippen LogP contribution is -2.59. The third-order valence-corrected chi connectivity index (χ3v) is 12.3. The van der Waals surface area contributed by atoms with E-state index in [1.54, 1.807) is 11.8 Å². The van der Waals surface area contributed by atoms with Crippen LogP contribution in [0.4, 0.5) is 10.5 Å². The standard InChI is InChI=1S/C24H34Cl3N3O6Si/c1-6-37(7-2,8-3)36-23(13-17(20(32)34-5)29-22(33)35-14-24(25,26)27)16-11-9-10-12-18(16)30-19(31)15(4)28-21(23)30/h9-12,15,17,21,28H,6-8,13-14H2,1-5H3,(H,29,33)/t15-,17+,21-,23-/m0/s1. The molecular formula is C24H34Cl3N3O6Si. The number of alkyl halides is 3. The van der Waals surface area contributed by atoms with Crippen molar-refractivity contribution in [3.8, 4) is 0 Å². The van der Waals surface area contributed by atoms with Crippen LogP contribution >= 0.6 is 34.8 Å². The minimum absolute atomic E-state index is 0.0114. The SMILES string of the molecule is CC[Si](CC)(CC)O[C@@]1(C[C@@H](NC(=O)OCC(Cl)(Cl)Cl)C(=O)OC)c2ccccc2N2C(=O)[C@H](C)N[C@@H]21. The van der Waals surface area contributed by atoms with E-state index in [0.717, 1.165) is 23.7 Å². The van der Waals surface area contributed by atoms with E-state index in [1.165, 1.54) is 7.11 Å². The fourth-order valence-electron chi connectivity index (χ4n) is 5.21. The highest BCUT2D eigenvalue weighted by molar-refractivity contribution is 6.73. The van der Waals surface area contributed by atoms with E-state index in [1.807, 2.05) is 24.3 Å². The number of carbonyl (C=O) groups is 3. The van der Waals surface area contributed by atoms with Gasteiger partial charge in [0.25, 0.3) is 0 Å². The molecule has 2 amide bonds. The molecule has 1 aromatic carbocycles. The highest BCUT2D eigenvalue weighted by atomic mass is 35.6. The topological polar surface area (TPSA) is 106 Å². The van der Waals surface area contributed by atoms with Crippen LogP contribution in [0.25, 0.3) is 0 Å². The minimum atomic E-state index is -2.35. The van der Waals surface area contributed by atoms with E-state index in [2.05, 4.69) is 31.4 Å². The van der Waals surface area contributed by atoms with Crippen molar-refractivity contribution in [1.29, 1.82) is 0 Å². The summed E-state index contributed by atoms with van der Waals surface area (Å²) in [6, 6.07) is 8.38. The molecule has 0 unspecified atom stereocenters. The van der Waals surface area contributed by atoms with E-state index in [-0.39, 0.29) is 12.3 Å². The van der Waals surface area contributed by atoms with Crippen LogP contribution in [0.1, 0.15) is 39.7 Å². The molecule has 4 atom stereocenters. The third kappa shape index (κ3) is 6.04. The van der Waals surface area contributed by atoms with Crippen LogP contribution in [-0.4, -0.2) is 62.0 Å². The average Bonchev–Trinajstić information content (AvgIpc) is 3.31. The van der Waals surface area contributed by atoms with Crippen molar-refractivity contribution in [3.05, 3.63) is 29.8 Å². The molecule has 0 radical (unpaired) electrons. The molecule has 3 rings (SSSR count). The van der Waals surface area contributed by atoms with Crippen molar-refractivity contribution >= 4 is 66.8 Å². The lowest BCUT2D eigenvalue weighted by molar-refractivity contribution is -0.145. The molecule has 0 aromatic heterocycles. The van der Waals surface area contributed by atoms with Gasteiger partial charge in [-0.3, -0.25) is 15.0 Å². The normalized spacial score (nSPS) is 23.9. The highest BCUT2D eigenvalue weighted by Gasteiger charge is 2.61. The Bertz CT molecular complexity index is 1010. The number of anilines is 1. The van der Waals surface area contributed by atoms with Gasteiger partial charge in [-0.25, -0.2) is 9.59 Å². The van der Waals surface area contributed by atoms with Gasteiger partial charge in [-0.1, -0.05) is 73.8 Å². The smallest absolute Gasteiger partial charge is 0.407 e. The maximum Gasteiger partial charge on any atom is 0.407 e. The maximum absolute atomic E-state index is 13.2. The summed E-state index contributed by atoms with van der Waals surface area (Å²) in [7, 11) is -1.11. The summed E-state index contributed by atoms with van der Waals surface area (Å²) in [5.74, 6) is -0.789. The quantitative estimate of drug-likeness (QED) is 0.232. The van der Waals surface area contributed by atoms with Gasteiger partial charge in [0.15, 0.2) is 8.32 Å². The Morgan fingerprint density at radius 3 is 2.38 bits per heavy atom. The zero-order valence-electron chi connectivity index (χ0n) is 21.6. The summed E-state index contributed by atoms with van der Waals surface area (Å²) in [5.41, 5.74) is 0.334. The van der Waals surface area contributed by atoms with Crippen LogP contribution in [0.15, 0.2) is 24.3 Å². The Labute approximate surface area is 233 Å². The Hall–Kier alpha value is -1.56. The predicted molar refractivity (Wildman–Crippen MR) is 145 cm³/mol. The van der Waals surface area contributed by atoms with Gasteiger partial charge in [-0.05, 0) is 31.1 Å². The first-order valence-electron chi connectivity index (χ1n) is 12.3. The number of hydrogen-bond acceptors (Lipinski definition) is 7. The molecule has 37 heavy (non-hydrogen) atoms. The number of methoxy groups -OCH3 is 1. The Kier molecular flexibility index (Phi) is 9.46. The van der Waals surface area contributed by atoms with E-state index in [4.69, 9.17) is 48.7 Å². The number of esters is 1. The monoisotopic (exact) mass is 593 g/mol. The van der Waals surface area contributed by atoms with Gasteiger partial charge in [0, 0.05) is 12.0 Å². The van der Waals surface area contributed by atoms with Crippen molar-refractivity contribution in [3.63, 3.8) is 0 Å². The summed E-state index contributed by atoms with van der Waals surface area (Å²) in [4.78, 5) is 40.5. The van der Waals surface area contributed by atoms with Gasteiger partial charge in [-0.2, -0.15) is 0 Å². The van der Waals surface area contributed by atoms with Crippen molar-refractivity contribution < 1.29 is 28.3 Å². The highest BCUT2D eigenvalue weighted by Crippen LogP contribution is 2.52. The number of halogens is 3. The Morgan fingerprint density at radius 2 is 1.81 bits per heavy atom. The van der Waals surface area contributed by atoms with Crippen LogP contribution in [0.5, 0.6) is 0 Å². The van der Waals surface area contributed by atoms with Crippen LogP contribution in [0, 0.1) is 0 Å². The summed E-state index contributed by atoms with van der Waals surface area (Å²) in [6.45, 7) is 7.59. The van der Waals surface area contributed by atoms with Gasteiger partial charge in [0.1, 0.15) is 24.4 Å². The molecule has 1 aromatic rings. The number of alkyl carbamates (subject to hydrolysis) is 1. The van der Waals surface area contributed by atoms with E-state index < -0.39 is 54.6 Å². The summed E-state index contributed by atoms with van der Waals surface area (Å²) >= 11 is 17.1. The Balaban J connectivity index is 2.10. The number of rotatable bonds is 10. The molecular weight excluding hydrogens is 561 g/mol. The van der Waals surface area contributed by atoms with Crippen LogP contribution < -0.4 is 15.5 Å². The molecule has 2 aliphatic heterocycles. The fourth-order valence-corrected chi connectivity index (χ4v) is 8.38. The predicted octanol–water partition coefficient (Wildman–Crippen LogP) is 4.60. The number of nitrogens with one attached hydrogen (secondary N) is 2. The number of amides is 2. The van der Waals surface area contributed by atoms with Crippen molar-refractivity contribution in [2.75, 3.05) is 18.6 Å². The Morgan fingerprint density at radius 1 is 1.19 bits per heavy atom. The van der Waals surface area contributed by atoms with Gasteiger partial charge in [0.05, 0.1) is 18.8 Å². The number of hydrogen-bond donors (Lipinski definition) is 2. The molecule has 206 valence electrons. The van der Waals surface area contributed by atoms with E-state index >= 15 is 0 Å². The molecule has 1 saturated heterocycles. The second kappa shape index (κ2) is 11.7. The number of fused-ring (bicyclic) bond motifs is 3. The number of carbonyl (C=O) groups excluding carboxylic acids is 3. The molecule has 2 aliphatic rings. The van der Waals surface area contributed by atoms with Gasteiger partial charge in [0.2, 0.25) is 9.70 Å². The van der Waals surface area contributed by atoms with Gasteiger partial charge in [-0.15, -0.1) is 0 Å². The largest absolute Gasteiger partial charge is 0.467 e. The minimum Gasteiger partial charge on any atom is -0.467 e. The molecule has 0 aliphatic carbocycles. The maximum atomic E-state index is 13.2. The van der Waals surface area contributed by atoms with E-state index in [0.29, 0.717) is 5.69 Å². The molecule has 0 saturated carbocycles. The number of benzene rings is 1. The lowest BCUT2D eigenvalue weighted by Gasteiger charge is -2.45. The van der Waals surface area contributed by atoms with Crippen LogP contribution in [0.3, 0.4) is 0 Å². The number of ether oxygens (including phenoxy) is 2. The molecule has 13 heteroatoms.